The highest BCUT2D eigenvalue weighted by Crippen LogP contribution is 2.24. The molecule has 0 bridgehead atoms. The van der Waals surface area contributed by atoms with Gasteiger partial charge < -0.3 is 10.2 Å². The Labute approximate surface area is 184 Å². The van der Waals surface area contributed by atoms with Gasteiger partial charge in [-0.25, -0.2) is 0 Å². The summed E-state index contributed by atoms with van der Waals surface area (Å²) in [7, 11) is 0. The summed E-state index contributed by atoms with van der Waals surface area (Å²) in [5.41, 5.74) is 3.91. The number of carbonyl (C=O) groups is 1. The molecule has 1 N–H and O–H groups in total. The highest BCUT2D eigenvalue weighted by molar-refractivity contribution is 5.90. The van der Waals surface area contributed by atoms with Gasteiger partial charge in [-0.05, 0) is 61.4 Å². The number of carbonyl (C=O) groups excluding carboxylic acids is 1. The molecule has 2 aromatic carbocycles. The van der Waals surface area contributed by atoms with Gasteiger partial charge in [0.25, 0.3) is 0 Å². The lowest BCUT2D eigenvalue weighted by Gasteiger charge is -2.30. The van der Waals surface area contributed by atoms with Gasteiger partial charge in [0.2, 0.25) is 5.91 Å². The Balaban J connectivity index is 1.28. The number of aryl methyl sites for hydroxylation is 1. The molecule has 5 heteroatoms. The van der Waals surface area contributed by atoms with E-state index in [1.807, 2.05) is 48.5 Å². The number of amides is 1. The molecule has 2 heterocycles. The van der Waals surface area contributed by atoms with Crippen molar-refractivity contribution < 1.29 is 4.79 Å². The van der Waals surface area contributed by atoms with E-state index in [4.69, 9.17) is 0 Å². The van der Waals surface area contributed by atoms with E-state index in [0.717, 1.165) is 54.6 Å². The van der Waals surface area contributed by atoms with Gasteiger partial charge in [0.1, 0.15) is 0 Å². The molecule has 0 saturated carbocycles. The molecule has 1 fully saturated rings. The number of benzene rings is 2. The van der Waals surface area contributed by atoms with Crippen LogP contribution in [0.2, 0.25) is 0 Å². The quantitative estimate of drug-likeness (QED) is 0.567. The Hall–Kier alpha value is -3.21. The van der Waals surface area contributed by atoms with Gasteiger partial charge in [0.05, 0.1) is 5.69 Å². The van der Waals surface area contributed by atoms with Crippen LogP contribution in [0.3, 0.4) is 0 Å². The number of hydrogen-bond donors (Lipinski definition) is 1. The molecule has 1 amide bonds. The van der Waals surface area contributed by atoms with Gasteiger partial charge in [-0.2, -0.15) is 0 Å². The first-order valence-electron chi connectivity index (χ1n) is 11.2. The normalized spacial score (nSPS) is 14.4. The molecular formula is C26H30N4O. The van der Waals surface area contributed by atoms with Crippen molar-refractivity contribution in [1.29, 1.82) is 0 Å². The fraction of sp³-hybridized carbons (Fsp3) is 0.346. The highest BCUT2D eigenvalue weighted by atomic mass is 16.1. The lowest BCUT2D eigenvalue weighted by molar-refractivity contribution is -0.116. The van der Waals surface area contributed by atoms with Crippen LogP contribution in [0.5, 0.6) is 0 Å². The summed E-state index contributed by atoms with van der Waals surface area (Å²) in [5.74, 6) is 1.80. The Bertz CT molecular complexity index is 963. The van der Waals surface area contributed by atoms with Crippen molar-refractivity contribution in [2.45, 2.75) is 39.0 Å². The lowest BCUT2D eigenvalue weighted by Crippen LogP contribution is -2.33. The zero-order valence-corrected chi connectivity index (χ0v) is 18.1. The fourth-order valence-electron chi connectivity index (χ4n) is 3.93. The van der Waals surface area contributed by atoms with Crippen LogP contribution >= 0.6 is 0 Å². The van der Waals surface area contributed by atoms with Crippen LogP contribution in [0, 0.1) is 5.92 Å². The van der Waals surface area contributed by atoms with Crippen LogP contribution in [0.4, 0.5) is 11.5 Å². The largest absolute Gasteiger partial charge is 0.355 e. The van der Waals surface area contributed by atoms with Crippen molar-refractivity contribution in [1.82, 2.24) is 10.2 Å². The molecule has 1 aromatic heterocycles. The van der Waals surface area contributed by atoms with E-state index >= 15 is 0 Å². The van der Waals surface area contributed by atoms with Crippen LogP contribution in [-0.4, -0.2) is 29.2 Å². The number of nitrogens with one attached hydrogen (secondary N) is 1. The fourth-order valence-corrected chi connectivity index (χ4v) is 3.93. The molecule has 4 rings (SSSR count). The molecule has 0 unspecified atom stereocenters. The van der Waals surface area contributed by atoms with Gasteiger partial charge in [0, 0.05) is 30.8 Å². The first-order valence-corrected chi connectivity index (χ1v) is 11.2. The Morgan fingerprint density at radius 1 is 0.968 bits per heavy atom. The monoisotopic (exact) mass is 414 g/mol. The molecule has 3 aromatic rings. The van der Waals surface area contributed by atoms with Crippen LogP contribution in [0.15, 0.2) is 66.7 Å². The molecule has 160 valence electrons. The van der Waals surface area contributed by atoms with Crippen molar-refractivity contribution in [3.05, 3.63) is 72.3 Å². The van der Waals surface area contributed by atoms with Crippen molar-refractivity contribution in [3.63, 3.8) is 0 Å². The molecular weight excluding hydrogens is 384 g/mol. The molecule has 0 atom stereocenters. The topological polar surface area (TPSA) is 58.1 Å². The van der Waals surface area contributed by atoms with Crippen molar-refractivity contribution >= 4 is 17.4 Å². The minimum absolute atomic E-state index is 0.0451. The average molecular weight is 415 g/mol. The Morgan fingerprint density at radius 2 is 1.71 bits per heavy atom. The number of aromatic nitrogens is 2. The summed E-state index contributed by atoms with van der Waals surface area (Å²) in [6.07, 6.45) is 4.69. The molecule has 5 nitrogen and oxygen atoms in total. The summed E-state index contributed by atoms with van der Waals surface area (Å²) >= 11 is 0. The number of rotatable bonds is 7. The van der Waals surface area contributed by atoms with Gasteiger partial charge in [-0.1, -0.05) is 49.4 Å². The van der Waals surface area contributed by atoms with E-state index in [0.29, 0.717) is 6.42 Å². The van der Waals surface area contributed by atoms with Crippen LogP contribution in [0.1, 0.15) is 38.2 Å². The van der Waals surface area contributed by atoms with Gasteiger partial charge in [0.15, 0.2) is 5.82 Å². The summed E-state index contributed by atoms with van der Waals surface area (Å²) < 4.78 is 0. The maximum absolute atomic E-state index is 12.2. The first kappa shape index (κ1) is 21.0. The van der Waals surface area contributed by atoms with E-state index in [1.54, 1.807) is 0 Å². The molecule has 1 aliphatic heterocycles. The standard InChI is InChI=1S/C26H30N4O/c1-20-16-18-30(19-17-20)25-15-14-24(28-29-25)22-10-12-23(13-11-22)27-26(31)9-5-8-21-6-3-2-4-7-21/h2-4,6-7,10-15,20H,5,8-9,16-19H2,1H3,(H,27,31). The number of anilines is 2. The zero-order valence-electron chi connectivity index (χ0n) is 18.1. The molecule has 0 spiro atoms. The predicted octanol–water partition coefficient (Wildman–Crippen LogP) is 5.34. The van der Waals surface area contributed by atoms with Gasteiger partial charge in [-0.15, -0.1) is 10.2 Å². The SMILES string of the molecule is CC1CCN(c2ccc(-c3ccc(NC(=O)CCCc4ccccc4)cc3)nn2)CC1. The second kappa shape index (κ2) is 10.2. The maximum Gasteiger partial charge on any atom is 0.224 e. The van der Waals surface area contributed by atoms with E-state index in [9.17, 15) is 4.79 Å². The molecule has 31 heavy (non-hydrogen) atoms. The molecule has 0 aliphatic carbocycles. The number of hydrogen-bond acceptors (Lipinski definition) is 4. The van der Waals surface area contributed by atoms with Crippen molar-refractivity contribution in [2.75, 3.05) is 23.3 Å². The third-order valence-electron chi connectivity index (χ3n) is 5.93. The molecule has 1 saturated heterocycles. The summed E-state index contributed by atoms with van der Waals surface area (Å²) in [6.45, 7) is 4.41. The van der Waals surface area contributed by atoms with E-state index in [-0.39, 0.29) is 5.91 Å². The first-order chi connectivity index (χ1) is 15.2. The third kappa shape index (κ3) is 5.91. The van der Waals surface area contributed by atoms with E-state index in [1.165, 1.54) is 18.4 Å². The number of nitrogens with zero attached hydrogens (tertiary/aromatic N) is 3. The highest BCUT2D eigenvalue weighted by Gasteiger charge is 2.17. The van der Waals surface area contributed by atoms with Crippen LogP contribution in [-0.2, 0) is 11.2 Å². The summed E-state index contributed by atoms with van der Waals surface area (Å²) in [6, 6.07) is 22.1. The Kier molecular flexibility index (Phi) is 6.92. The number of piperidine rings is 1. The van der Waals surface area contributed by atoms with Crippen molar-refractivity contribution in [3.8, 4) is 11.3 Å². The zero-order chi connectivity index (χ0) is 21.5. The summed E-state index contributed by atoms with van der Waals surface area (Å²) in [4.78, 5) is 14.5. The average Bonchev–Trinajstić information content (AvgIpc) is 2.81. The molecule has 0 radical (unpaired) electrons. The van der Waals surface area contributed by atoms with Crippen LogP contribution < -0.4 is 10.2 Å². The Morgan fingerprint density at radius 3 is 2.39 bits per heavy atom. The van der Waals surface area contributed by atoms with Crippen LogP contribution in [0.25, 0.3) is 11.3 Å². The van der Waals surface area contributed by atoms with E-state index < -0.39 is 0 Å². The second-order valence-electron chi connectivity index (χ2n) is 8.41. The smallest absolute Gasteiger partial charge is 0.224 e. The van der Waals surface area contributed by atoms with Gasteiger partial charge in [-0.3, -0.25) is 4.79 Å². The lowest BCUT2D eigenvalue weighted by atomic mass is 9.99. The van der Waals surface area contributed by atoms with Crippen molar-refractivity contribution in [2.24, 2.45) is 5.92 Å². The predicted molar refractivity (Wildman–Crippen MR) is 126 cm³/mol. The minimum atomic E-state index is 0.0451. The van der Waals surface area contributed by atoms with Gasteiger partial charge >= 0.3 is 0 Å². The third-order valence-corrected chi connectivity index (χ3v) is 5.93. The minimum Gasteiger partial charge on any atom is -0.355 e. The summed E-state index contributed by atoms with van der Waals surface area (Å²) in [5, 5.41) is 11.8. The molecule has 1 aliphatic rings. The maximum atomic E-state index is 12.2. The second-order valence-corrected chi connectivity index (χ2v) is 8.41. The van der Waals surface area contributed by atoms with E-state index in [2.05, 4.69) is 45.5 Å².